The molecule has 0 saturated carbocycles. The van der Waals surface area contributed by atoms with Crippen LogP contribution in [0.15, 0.2) is 35.3 Å². The quantitative estimate of drug-likeness (QED) is 0.927. The van der Waals surface area contributed by atoms with Gasteiger partial charge in [0.2, 0.25) is 5.91 Å². The van der Waals surface area contributed by atoms with Crippen LogP contribution >= 0.6 is 11.8 Å². The Bertz CT molecular complexity index is 543. The number of hydrogen-bond donors (Lipinski definition) is 1. The molecule has 1 heterocycles. The first-order valence-electron chi connectivity index (χ1n) is 6.46. The molecule has 2 atom stereocenters. The van der Waals surface area contributed by atoms with Gasteiger partial charge in [0.1, 0.15) is 0 Å². The first-order chi connectivity index (χ1) is 9.79. The lowest BCUT2D eigenvalue weighted by molar-refractivity contribution is -0.148. The van der Waals surface area contributed by atoms with E-state index >= 15 is 0 Å². The number of halogens is 3. The van der Waals surface area contributed by atoms with E-state index in [0.29, 0.717) is 0 Å². The van der Waals surface area contributed by atoms with E-state index in [1.54, 1.807) is 6.07 Å². The minimum atomic E-state index is -4.50. The highest BCUT2D eigenvalue weighted by Crippen LogP contribution is 2.37. The molecule has 1 aromatic rings. The van der Waals surface area contributed by atoms with Gasteiger partial charge in [-0.3, -0.25) is 4.79 Å². The van der Waals surface area contributed by atoms with Crippen LogP contribution in [0.3, 0.4) is 0 Å². The predicted octanol–water partition coefficient (Wildman–Crippen LogP) is 3.53. The average molecular weight is 316 g/mol. The molecule has 0 bridgehead atoms. The molecule has 1 aliphatic rings. The number of alkyl halides is 3. The number of amides is 1. The van der Waals surface area contributed by atoms with Crippen LogP contribution in [-0.4, -0.2) is 22.5 Å². The van der Waals surface area contributed by atoms with Crippen molar-refractivity contribution in [2.75, 3.05) is 0 Å². The third kappa shape index (κ3) is 3.78. The number of nitrogens with one attached hydrogen (secondary N) is 1. The molecule has 21 heavy (non-hydrogen) atoms. The molecule has 0 spiro atoms. The Morgan fingerprint density at radius 1 is 1.24 bits per heavy atom. The van der Waals surface area contributed by atoms with Gasteiger partial charge in [-0.25, -0.2) is 4.99 Å². The predicted molar refractivity (Wildman–Crippen MR) is 77.0 cm³/mol. The van der Waals surface area contributed by atoms with Crippen molar-refractivity contribution in [3.05, 3.63) is 35.9 Å². The van der Waals surface area contributed by atoms with Gasteiger partial charge in [-0.15, -0.1) is 0 Å². The lowest BCUT2D eigenvalue weighted by atomic mass is 10.1. The maximum atomic E-state index is 13.2. The van der Waals surface area contributed by atoms with Gasteiger partial charge < -0.3 is 5.32 Å². The van der Waals surface area contributed by atoms with Crippen LogP contribution in [0.4, 0.5) is 13.2 Å². The van der Waals surface area contributed by atoms with Crippen LogP contribution in [-0.2, 0) is 4.79 Å². The highest BCUT2D eigenvalue weighted by Gasteiger charge is 2.42. The van der Waals surface area contributed by atoms with Crippen molar-refractivity contribution < 1.29 is 18.0 Å². The second-order valence-electron chi connectivity index (χ2n) is 5.06. The number of nitrogens with zero attached hydrogens (tertiary/aromatic N) is 1. The molecular formula is C14H15F3N2OS. The molecule has 3 nitrogen and oxygen atoms in total. The van der Waals surface area contributed by atoms with Gasteiger partial charge in [0, 0.05) is 0 Å². The third-order valence-electron chi connectivity index (χ3n) is 3.00. The van der Waals surface area contributed by atoms with E-state index in [1.807, 2.05) is 13.8 Å². The normalized spacial score (nSPS) is 22.7. The monoisotopic (exact) mass is 316 g/mol. The van der Waals surface area contributed by atoms with Crippen molar-refractivity contribution >= 4 is 22.8 Å². The number of rotatable bonds is 3. The fourth-order valence-electron chi connectivity index (χ4n) is 1.97. The molecule has 1 aliphatic heterocycles. The molecule has 0 radical (unpaired) electrons. The molecule has 7 heteroatoms. The summed E-state index contributed by atoms with van der Waals surface area (Å²) in [5.41, 5.74) is 0.0559. The maximum absolute atomic E-state index is 13.2. The SMILES string of the molecule is CC(C)C1SC(=N[C@@H](c2ccccc2)C(F)(F)F)NC1=O. The number of amidine groups is 1. The first-order valence-corrected chi connectivity index (χ1v) is 7.34. The fourth-order valence-corrected chi connectivity index (χ4v) is 2.98. The van der Waals surface area contributed by atoms with Crippen LogP contribution in [0.2, 0.25) is 0 Å². The number of carbonyl (C=O) groups is 1. The van der Waals surface area contributed by atoms with E-state index in [0.717, 1.165) is 11.8 Å². The van der Waals surface area contributed by atoms with Gasteiger partial charge in [-0.05, 0) is 11.5 Å². The number of aliphatic imine (C=N–C) groups is 1. The van der Waals surface area contributed by atoms with Gasteiger partial charge >= 0.3 is 6.18 Å². The van der Waals surface area contributed by atoms with Gasteiger partial charge in [0.25, 0.3) is 0 Å². The van der Waals surface area contributed by atoms with Crippen molar-refractivity contribution in [3.8, 4) is 0 Å². The Hall–Kier alpha value is -1.50. The Morgan fingerprint density at radius 2 is 1.86 bits per heavy atom. The molecule has 1 N–H and O–H groups in total. The van der Waals surface area contributed by atoms with Gasteiger partial charge in [-0.1, -0.05) is 55.9 Å². The number of hydrogen-bond acceptors (Lipinski definition) is 3. The number of benzene rings is 1. The summed E-state index contributed by atoms with van der Waals surface area (Å²) in [4.78, 5) is 15.4. The highest BCUT2D eigenvalue weighted by atomic mass is 32.2. The summed E-state index contributed by atoms with van der Waals surface area (Å²) in [6.07, 6.45) is -4.50. The van der Waals surface area contributed by atoms with Crippen molar-refractivity contribution in [3.63, 3.8) is 0 Å². The van der Waals surface area contributed by atoms with E-state index in [-0.39, 0.29) is 22.6 Å². The molecule has 114 valence electrons. The second kappa shape index (κ2) is 6.09. The van der Waals surface area contributed by atoms with Gasteiger partial charge in [-0.2, -0.15) is 13.2 Å². The molecule has 1 fully saturated rings. The minimum absolute atomic E-state index is 0.0313. The zero-order valence-corrected chi connectivity index (χ0v) is 12.3. The highest BCUT2D eigenvalue weighted by molar-refractivity contribution is 8.15. The van der Waals surface area contributed by atoms with Crippen LogP contribution in [0.25, 0.3) is 0 Å². The molecule has 0 aliphatic carbocycles. The zero-order valence-electron chi connectivity index (χ0n) is 11.5. The maximum Gasteiger partial charge on any atom is 0.415 e. The number of thioether (sulfide) groups is 1. The van der Waals surface area contributed by atoms with Crippen LogP contribution in [0, 0.1) is 5.92 Å². The van der Waals surface area contributed by atoms with E-state index in [9.17, 15) is 18.0 Å². The van der Waals surface area contributed by atoms with E-state index < -0.39 is 17.5 Å². The Labute approximate surface area is 125 Å². The fraction of sp³-hybridized carbons (Fsp3) is 0.429. The van der Waals surface area contributed by atoms with E-state index in [4.69, 9.17) is 0 Å². The summed E-state index contributed by atoms with van der Waals surface area (Å²) in [5, 5.41) is 2.07. The summed E-state index contributed by atoms with van der Waals surface area (Å²) < 4.78 is 39.5. The van der Waals surface area contributed by atoms with E-state index in [2.05, 4.69) is 10.3 Å². The second-order valence-corrected chi connectivity index (χ2v) is 6.19. The van der Waals surface area contributed by atoms with Gasteiger partial charge in [0.15, 0.2) is 11.2 Å². The Morgan fingerprint density at radius 3 is 2.33 bits per heavy atom. The lowest BCUT2D eigenvalue weighted by Gasteiger charge is -2.17. The van der Waals surface area contributed by atoms with Crippen LogP contribution in [0.5, 0.6) is 0 Å². The molecule has 1 unspecified atom stereocenters. The lowest BCUT2D eigenvalue weighted by Crippen LogP contribution is -2.28. The summed E-state index contributed by atoms with van der Waals surface area (Å²) in [7, 11) is 0. The average Bonchev–Trinajstić information content (AvgIpc) is 2.77. The van der Waals surface area contributed by atoms with Crippen LogP contribution < -0.4 is 5.32 Å². The topological polar surface area (TPSA) is 41.5 Å². The molecule has 1 aromatic carbocycles. The Kier molecular flexibility index (Phi) is 4.61. The van der Waals surface area contributed by atoms with E-state index in [1.165, 1.54) is 24.3 Å². The zero-order chi connectivity index (χ0) is 15.6. The van der Waals surface area contributed by atoms with Crippen molar-refractivity contribution in [1.29, 1.82) is 0 Å². The molecule has 1 amide bonds. The molecular weight excluding hydrogens is 301 g/mol. The largest absolute Gasteiger partial charge is 0.415 e. The summed E-state index contributed by atoms with van der Waals surface area (Å²) in [6, 6.07) is 5.50. The Balaban J connectivity index is 2.29. The molecule has 2 rings (SSSR count). The summed E-state index contributed by atoms with van der Waals surface area (Å²) >= 11 is 1.06. The summed E-state index contributed by atoms with van der Waals surface area (Å²) in [6.45, 7) is 3.69. The van der Waals surface area contributed by atoms with Crippen molar-refractivity contribution in [2.24, 2.45) is 10.9 Å². The summed E-state index contributed by atoms with van der Waals surface area (Å²) in [5.74, 6) is -0.258. The first kappa shape index (κ1) is 15.9. The standard InChI is InChI=1S/C14H15F3N2OS/c1-8(2)10-12(20)19-13(21-10)18-11(14(15,16)17)9-6-4-3-5-7-9/h3-8,10-11H,1-2H3,(H,18,19,20)/t10?,11-/m0/s1. The molecule has 0 aromatic heterocycles. The number of carbonyl (C=O) groups excluding carboxylic acids is 1. The smallest absolute Gasteiger partial charge is 0.304 e. The van der Waals surface area contributed by atoms with Crippen LogP contribution in [0.1, 0.15) is 25.5 Å². The van der Waals surface area contributed by atoms with Crippen molar-refractivity contribution in [1.82, 2.24) is 5.32 Å². The molecule has 1 saturated heterocycles. The third-order valence-corrected chi connectivity index (χ3v) is 4.45. The minimum Gasteiger partial charge on any atom is -0.304 e. The van der Waals surface area contributed by atoms with Crippen molar-refractivity contribution in [2.45, 2.75) is 31.3 Å². The van der Waals surface area contributed by atoms with Gasteiger partial charge in [0.05, 0.1) is 5.25 Å².